The Kier molecular flexibility index (Phi) is 11.1. The van der Waals surface area contributed by atoms with Crippen molar-refractivity contribution in [1.29, 1.82) is 0 Å². The van der Waals surface area contributed by atoms with Crippen LogP contribution in [0.3, 0.4) is 0 Å². The first-order valence-electron chi connectivity index (χ1n) is 15.3. The molecule has 248 valence electrons. The normalized spacial score (nSPS) is 22.0. The van der Waals surface area contributed by atoms with Gasteiger partial charge in [-0.05, 0) is 61.6 Å². The van der Waals surface area contributed by atoms with E-state index in [1.165, 1.54) is 16.4 Å². The van der Waals surface area contributed by atoms with Crippen molar-refractivity contribution in [1.82, 2.24) is 9.62 Å². The molecule has 0 aromatic heterocycles. The summed E-state index contributed by atoms with van der Waals surface area (Å²) in [6.07, 6.45) is -1.24. The predicted molar refractivity (Wildman–Crippen MR) is 162 cm³/mol. The molecule has 3 aliphatic heterocycles. The van der Waals surface area contributed by atoms with Gasteiger partial charge in [0, 0.05) is 19.2 Å². The van der Waals surface area contributed by atoms with E-state index in [4.69, 9.17) is 34.2 Å². The van der Waals surface area contributed by atoms with Crippen LogP contribution in [0.15, 0.2) is 47.4 Å². The lowest BCUT2D eigenvalue weighted by molar-refractivity contribution is -0.0907. The minimum absolute atomic E-state index is 0.0128. The van der Waals surface area contributed by atoms with E-state index in [2.05, 4.69) is 5.32 Å². The molecular formula is C31H43N3O10S. The third-order valence-corrected chi connectivity index (χ3v) is 9.78. The van der Waals surface area contributed by atoms with Gasteiger partial charge < -0.3 is 44.6 Å². The molecule has 1 amide bonds. The van der Waals surface area contributed by atoms with Crippen LogP contribution in [0.1, 0.15) is 32.3 Å². The van der Waals surface area contributed by atoms with Gasteiger partial charge in [0.05, 0.1) is 42.8 Å². The van der Waals surface area contributed by atoms with Gasteiger partial charge in [0.25, 0.3) is 0 Å². The monoisotopic (exact) mass is 649 g/mol. The third-order valence-electron chi connectivity index (χ3n) is 7.95. The number of hydrogen-bond acceptors (Lipinski definition) is 11. The molecule has 45 heavy (non-hydrogen) atoms. The lowest BCUT2D eigenvalue weighted by Crippen LogP contribution is -2.51. The lowest BCUT2D eigenvalue weighted by atomic mass is 10.0. The van der Waals surface area contributed by atoms with Crippen molar-refractivity contribution in [2.75, 3.05) is 46.2 Å². The van der Waals surface area contributed by atoms with Gasteiger partial charge in [0.15, 0.2) is 17.8 Å². The molecule has 0 spiro atoms. The average Bonchev–Trinajstić information content (AvgIpc) is 3.76. The molecule has 4 N–H and O–H groups in total. The smallest absolute Gasteiger partial charge is 0.407 e. The Bertz CT molecular complexity index is 1390. The highest BCUT2D eigenvalue weighted by Crippen LogP contribution is 2.35. The van der Waals surface area contributed by atoms with Crippen molar-refractivity contribution >= 4 is 16.1 Å². The number of carbonyl (C=O) groups is 1. The van der Waals surface area contributed by atoms with Crippen LogP contribution in [0.25, 0.3) is 0 Å². The first-order chi connectivity index (χ1) is 21.6. The Balaban J connectivity index is 1.33. The maximum Gasteiger partial charge on any atom is 0.407 e. The molecule has 2 fully saturated rings. The number of nitrogens with one attached hydrogen (secondary N) is 1. The standard InChI is InChI=1S/C31H43N3O10S/c1-20(2)16-34(45(37,38)23-8-9-27-28(15-23)43-19-42-27)17-26(35)25(14-21-4-6-22(7-5-21)39-12-3-11-32)33-31(36)44-29-18-41-30-24(29)10-13-40-30/h4-9,15,20,24-26,29-30,35H,3,10-14,16-19,32H2,1-2H3,(H,33,36)/t24-,25-,26-,29-,30+/m0/s1. The number of nitrogens with zero attached hydrogens (tertiary/aromatic N) is 1. The number of aliphatic hydroxyl groups is 1. The van der Waals surface area contributed by atoms with E-state index < -0.39 is 34.4 Å². The Morgan fingerprint density at radius 1 is 1.11 bits per heavy atom. The number of ether oxygens (including phenoxy) is 6. The van der Waals surface area contributed by atoms with Gasteiger partial charge in [0.1, 0.15) is 11.9 Å². The number of hydrogen-bond donors (Lipinski definition) is 3. The summed E-state index contributed by atoms with van der Waals surface area (Å²) in [6.45, 7) is 5.44. The van der Waals surface area contributed by atoms with Crippen LogP contribution in [0.4, 0.5) is 4.79 Å². The number of rotatable bonds is 15. The van der Waals surface area contributed by atoms with Crippen molar-refractivity contribution in [3.05, 3.63) is 48.0 Å². The number of sulfonamides is 1. The first kappa shape index (κ1) is 33.2. The summed E-state index contributed by atoms with van der Waals surface area (Å²) in [5, 5.41) is 14.4. The summed E-state index contributed by atoms with van der Waals surface area (Å²) >= 11 is 0. The zero-order chi connectivity index (χ0) is 32.0. The highest BCUT2D eigenvalue weighted by Gasteiger charge is 2.44. The fourth-order valence-electron chi connectivity index (χ4n) is 5.60. The molecule has 2 saturated heterocycles. The summed E-state index contributed by atoms with van der Waals surface area (Å²) in [7, 11) is -4.05. The Morgan fingerprint density at radius 3 is 2.64 bits per heavy atom. The maximum absolute atomic E-state index is 13.8. The highest BCUT2D eigenvalue weighted by molar-refractivity contribution is 7.89. The van der Waals surface area contributed by atoms with Gasteiger partial charge in [-0.3, -0.25) is 0 Å². The van der Waals surface area contributed by atoms with Crippen LogP contribution in [0.2, 0.25) is 0 Å². The number of carbonyl (C=O) groups excluding carboxylic acids is 1. The van der Waals surface area contributed by atoms with Crippen LogP contribution in [0.5, 0.6) is 17.2 Å². The molecule has 0 aliphatic carbocycles. The molecule has 5 rings (SSSR count). The highest BCUT2D eigenvalue weighted by atomic mass is 32.2. The zero-order valence-electron chi connectivity index (χ0n) is 25.6. The molecule has 3 heterocycles. The van der Waals surface area contributed by atoms with Crippen LogP contribution in [-0.2, 0) is 30.7 Å². The van der Waals surface area contributed by atoms with E-state index in [9.17, 15) is 18.3 Å². The van der Waals surface area contributed by atoms with Gasteiger partial charge >= 0.3 is 6.09 Å². The molecule has 5 atom stereocenters. The zero-order valence-corrected chi connectivity index (χ0v) is 26.4. The maximum atomic E-state index is 13.8. The van der Waals surface area contributed by atoms with Crippen molar-refractivity contribution in [3.8, 4) is 17.2 Å². The van der Waals surface area contributed by atoms with E-state index in [1.54, 1.807) is 18.2 Å². The molecule has 0 bridgehead atoms. The second-order valence-electron chi connectivity index (χ2n) is 11.9. The number of fused-ring (bicyclic) bond motifs is 2. The average molecular weight is 650 g/mol. The summed E-state index contributed by atoms with van der Waals surface area (Å²) in [5.74, 6) is 1.37. The molecule has 3 aliphatic rings. The van der Waals surface area contributed by atoms with E-state index in [-0.39, 0.29) is 55.9 Å². The molecular weight excluding hydrogens is 606 g/mol. The quantitative estimate of drug-likeness (QED) is 0.242. The minimum atomic E-state index is -4.05. The van der Waals surface area contributed by atoms with Gasteiger partial charge in [-0.1, -0.05) is 26.0 Å². The van der Waals surface area contributed by atoms with Crippen molar-refractivity contribution in [2.45, 2.75) is 62.5 Å². The number of amides is 1. The number of benzene rings is 2. The van der Waals surface area contributed by atoms with E-state index in [0.717, 1.165) is 18.4 Å². The molecule has 0 saturated carbocycles. The van der Waals surface area contributed by atoms with Gasteiger partial charge in [0.2, 0.25) is 16.8 Å². The molecule has 2 aromatic carbocycles. The summed E-state index contributed by atoms with van der Waals surface area (Å²) in [5.41, 5.74) is 6.34. The third kappa shape index (κ3) is 8.37. The second-order valence-corrected chi connectivity index (χ2v) is 13.8. The topological polar surface area (TPSA) is 168 Å². The molecule has 0 radical (unpaired) electrons. The van der Waals surface area contributed by atoms with E-state index in [0.29, 0.717) is 37.0 Å². The Labute approximate surface area is 263 Å². The van der Waals surface area contributed by atoms with E-state index in [1.807, 2.05) is 26.0 Å². The lowest BCUT2D eigenvalue weighted by Gasteiger charge is -2.31. The number of aliphatic hydroxyl groups excluding tert-OH is 1. The SMILES string of the molecule is CC(C)CN(C[C@H](O)[C@H](Cc1ccc(OCCCN)cc1)NC(=O)O[C@H]1CO[C@H]2OCC[C@H]21)S(=O)(=O)c1ccc2c(c1)OCO2. The van der Waals surface area contributed by atoms with E-state index >= 15 is 0 Å². The van der Waals surface area contributed by atoms with Crippen LogP contribution >= 0.6 is 0 Å². The Morgan fingerprint density at radius 2 is 1.89 bits per heavy atom. The largest absolute Gasteiger partial charge is 0.494 e. The fraction of sp³-hybridized carbons (Fsp3) is 0.581. The molecule has 0 unspecified atom stereocenters. The fourth-order valence-corrected chi connectivity index (χ4v) is 7.24. The minimum Gasteiger partial charge on any atom is -0.494 e. The molecule has 13 nitrogen and oxygen atoms in total. The first-order valence-corrected chi connectivity index (χ1v) is 16.8. The number of nitrogens with two attached hydrogens (primary N) is 1. The van der Waals surface area contributed by atoms with Crippen molar-refractivity contribution in [3.63, 3.8) is 0 Å². The Hall–Kier alpha value is -3.14. The van der Waals surface area contributed by atoms with Crippen molar-refractivity contribution < 1.29 is 46.7 Å². The summed E-state index contributed by atoms with van der Waals surface area (Å²) in [6, 6.07) is 10.8. The molecule has 2 aromatic rings. The second kappa shape index (κ2) is 15.0. The van der Waals surface area contributed by atoms with Gasteiger partial charge in [-0.25, -0.2) is 13.2 Å². The van der Waals surface area contributed by atoms with Crippen LogP contribution in [0, 0.1) is 11.8 Å². The van der Waals surface area contributed by atoms with Crippen molar-refractivity contribution in [2.24, 2.45) is 17.6 Å². The van der Waals surface area contributed by atoms with Gasteiger partial charge in [-0.15, -0.1) is 0 Å². The molecule has 14 heteroatoms. The summed E-state index contributed by atoms with van der Waals surface area (Å²) < 4.78 is 62.2. The van der Waals surface area contributed by atoms with Crippen LogP contribution < -0.4 is 25.3 Å². The number of alkyl carbamates (subject to hydrolysis) is 1. The van der Waals surface area contributed by atoms with Gasteiger partial charge in [-0.2, -0.15) is 4.31 Å². The van der Waals surface area contributed by atoms with Crippen LogP contribution in [-0.4, -0.2) is 94.7 Å². The summed E-state index contributed by atoms with van der Waals surface area (Å²) in [4.78, 5) is 13.2. The predicted octanol–water partition coefficient (Wildman–Crippen LogP) is 2.25.